The van der Waals surface area contributed by atoms with Crippen molar-refractivity contribution in [3.63, 3.8) is 0 Å². The van der Waals surface area contributed by atoms with Crippen molar-refractivity contribution in [2.75, 3.05) is 19.0 Å². The molecule has 0 amide bonds. The Kier molecular flexibility index (Phi) is 5.45. The van der Waals surface area contributed by atoms with Crippen molar-refractivity contribution in [1.29, 1.82) is 0 Å². The molecule has 0 aliphatic carbocycles. The summed E-state index contributed by atoms with van der Waals surface area (Å²) in [5.41, 5.74) is 2.57. The van der Waals surface area contributed by atoms with E-state index < -0.39 is 0 Å². The number of nitrogens with one attached hydrogen (secondary N) is 1. The SMILES string of the molecule is CNCc1ccc(Br)cc1N(C)Cc1cc(Br)cs1. The van der Waals surface area contributed by atoms with Gasteiger partial charge in [-0.15, -0.1) is 11.3 Å². The molecule has 19 heavy (non-hydrogen) atoms. The first-order valence-corrected chi connectivity index (χ1v) is 8.44. The number of rotatable bonds is 5. The van der Waals surface area contributed by atoms with E-state index in [1.807, 2.05) is 7.05 Å². The molecule has 0 bridgehead atoms. The van der Waals surface area contributed by atoms with Crippen LogP contribution in [0.1, 0.15) is 10.4 Å². The van der Waals surface area contributed by atoms with Gasteiger partial charge in [-0.3, -0.25) is 0 Å². The Morgan fingerprint density at radius 3 is 2.63 bits per heavy atom. The Labute approximate surface area is 135 Å². The Bertz CT molecular complexity index is 554. The molecule has 1 aromatic heterocycles. The molecule has 0 spiro atoms. The smallest absolute Gasteiger partial charge is 0.0520 e. The molecule has 0 atom stereocenters. The van der Waals surface area contributed by atoms with Crippen LogP contribution >= 0.6 is 43.2 Å². The quantitative estimate of drug-likeness (QED) is 0.782. The third-order valence-corrected chi connectivity index (χ3v) is 5.02. The average molecular weight is 404 g/mol. The summed E-state index contributed by atoms with van der Waals surface area (Å²) in [4.78, 5) is 3.64. The molecular weight excluding hydrogens is 388 g/mol. The topological polar surface area (TPSA) is 15.3 Å². The average Bonchev–Trinajstić information content (AvgIpc) is 2.77. The molecule has 1 aromatic carbocycles. The summed E-state index contributed by atoms with van der Waals surface area (Å²) in [5, 5.41) is 5.34. The zero-order valence-electron chi connectivity index (χ0n) is 10.9. The number of nitrogens with zero attached hydrogens (tertiary/aromatic N) is 1. The normalized spacial score (nSPS) is 10.7. The first kappa shape index (κ1) is 15.0. The zero-order valence-corrected chi connectivity index (χ0v) is 14.9. The molecule has 0 aliphatic heterocycles. The largest absolute Gasteiger partial charge is 0.369 e. The van der Waals surface area contributed by atoms with Crippen molar-refractivity contribution in [1.82, 2.24) is 5.32 Å². The Hall–Kier alpha value is -0.360. The van der Waals surface area contributed by atoms with E-state index in [1.54, 1.807) is 11.3 Å². The van der Waals surface area contributed by atoms with Crippen LogP contribution in [0.25, 0.3) is 0 Å². The predicted molar refractivity (Wildman–Crippen MR) is 91.0 cm³/mol. The van der Waals surface area contributed by atoms with E-state index in [2.05, 4.69) is 78.8 Å². The maximum Gasteiger partial charge on any atom is 0.0520 e. The molecule has 2 rings (SSSR count). The van der Waals surface area contributed by atoms with Gasteiger partial charge in [-0.2, -0.15) is 0 Å². The lowest BCUT2D eigenvalue weighted by molar-refractivity contribution is 0.806. The van der Waals surface area contributed by atoms with Crippen molar-refractivity contribution in [3.8, 4) is 0 Å². The lowest BCUT2D eigenvalue weighted by atomic mass is 10.1. The molecule has 1 N–H and O–H groups in total. The lowest BCUT2D eigenvalue weighted by Crippen LogP contribution is -2.19. The maximum absolute atomic E-state index is 3.55. The molecule has 0 unspecified atom stereocenters. The zero-order chi connectivity index (χ0) is 13.8. The monoisotopic (exact) mass is 402 g/mol. The van der Waals surface area contributed by atoms with E-state index in [0.29, 0.717) is 0 Å². The molecule has 0 radical (unpaired) electrons. The van der Waals surface area contributed by atoms with Gasteiger partial charge in [0.25, 0.3) is 0 Å². The van der Waals surface area contributed by atoms with Gasteiger partial charge in [-0.05, 0) is 46.7 Å². The van der Waals surface area contributed by atoms with Gasteiger partial charge in [0.1, 0.15) is 0 Å². The molecule has 1 heterocycles. The first-order valence-electron chi connectivity index (χ1n) is 5.97. The van der Waals surface area contributed by atoms with Crippen LogP contribution < -0.4 is 10.2 Å². The third kappa shape index (κ3) is 4.05. The number of thiophene rings is 1. The van der Waals surface area contributed by atoms with E-state index in [-0.39, 0.29) is 0 Å². The second-order valence-corrected chi connectivity index (χ2v) is 7.22. The Morgan fingerprint density at radius 1 is 1.21 bits per heavy atom. The molecule has 0 fully saturated rings. The van der Waals surface area contributed by atoms with Gasteiger partial charge in [0.2, 0.25) is 0 Å². The number of anilines is 1. The molecule has 2 aromatic rings. The van der Waals surface area contributed by atoms with E-state index in [4.69, 9.17) is 0 Å². The standard InChI is InChI=1S/C14H16Br2N2S/c1-17-7-10-3-4-11(15)6-14(10)18(2)8-13-5-12(16)9-19-13/h3-6,9,17H,7-8H2,1-2H3. The van der Waals surface area contributed by atoms with Gasteiger partial charge >= 0.3 is 0 Å². The van der Waals surface area contributed by atoms with Crippen LogP contribution in [0, 0.1) is 0 Å². The number of benzene rings is 1. The lowest BCUT2D eigenvalue weighted by Gasteiger charge is -2.22. The molecule has 0 aliphatic rings. The fourth-order valence-electron chi connectivity index (χ4n) is 1.99. The van der Waals surface area contributed by atoms with Crippen LogP contribution in [0.5, 0.6) is 0 Å². The molecular formula is C14H16Br2N2S. The molecule has 5 heteroatoms. The molecule has 0 saturated heterocycles. The highest BCUT2D eigenvalue weighted by Crippen LogP contribution is 2.27. The van der Waals surface area contributed by atoms with Crippen LogP contribution in [0.15, 0.2) is 38.6 Å². The number of hydrogen-bond acceptors (Lipinski definition) is 3. The van der Waals surface area contributed by atoms with Gasteiger partial charge in [0.05, 0.1) is 6.54 Å². The minimum atomic E-state index is 0.876. The summed E-state index contributed by atoms with van der Waals surface area (Å²) in [6.45, 7) is 1.80. The fraction of sp³-hybridized carbons (Fsp3) is 0.286. The summed E-state index contributed by atoms with van der Waals surface area (Å²) >= 11 is 8.84. The Balaban J connectivity index is 2.21. The van der Waals surface area contributed by atoms with E-state index in [0.717, 1.165) is 22.0 Å². The van der Waals surface area contributed by atoms with Crippen LogP contribution in [-0.4, -0.2) is 14.1 Å². The van der Waals surface area contributed by atoms with E-state index >= 15 is 0 Å². The van der Waals surface area contributed by atoms with Crippen molar-refractivity contribution in [2.45, 2.75) is 13.1 Å². The minimum absolute atomic E-state index is 0.876. The van der Waals surface area contributed by atoms with Crippen molar-refractivity contribution < 1.29 is 0 Å². The van der Waals surface area contributed by atoms with Gasteiger partial charge < -0.3 is 10.2 Å². The van der Waals surface area contributed by atoms with E-state index in [9.17, 15) is 0 Å². The van der Waals surface area contributed by atoms with Crippen LogP contribution in [0.3, 0.4) is 0 Å². The van der Waals surface area contributed by atoms with Crippen LogP contribution in [0.2, 0.25) is 0 Å². The summed E-state index contributed by atoms with van der Waals surface area (Å²) in [6, 6.07) is 8.61. The number of hydrogen-bond donors (Lipinski definition) is 1. The van der Waals surface area contributed by atoms with Gasteiger partial charge in [0, 0.05) is 38.5 Å². The van der Waals surface area contributed by atoms with Crippen molar-refractivity contribution in [2.24, 2.45) is 0 Å². The van der Waals surface area contributed by atoms with Gasteiger partial charge in [0.15, 0.2) is 0 Å². The van der Waals surface area contributed by atoms with Gasteiger partial charge in [-0.1, -0.05) is 22.0 Å². The first-order chi connectivity index (χ1) is 9.10. The summed E-state index contributed by atoms with van der Waals surface area (Å²) in [7, 11) is 4.11. The second kappa shape index (κ2) is 6.88. The van der Waals surface area contributed by atoms with Crippen molar-refractivity contribution in [3.05, 3.63) is 49.0 Å². The second-order valence-electron chi connectivity index (χ2n) is 4.39. The maximum atomic E-state index is 3.55. The molecule has 2 nitrogen and oxygen atoms in total. The minimum Gasteiger partial charge on any atom is -0.369 e. The summed E-state index contributed by atoms with van der Waals surface area (Å²) in [5.74, 6) is 0. The van der Waals surface area contributed by atoms with Crippen molar-refractivity contribution >= 4 is 48.9 Å². The number of halogens is 2. The van der Waals surface area contributed by atoms with Gasteiger partial charge in [-0.25, -0.2) is 0 Å². The predicted octanol–water partition coefficient (Wildman–Crippen LogP) is 4.63. The fourth-order valence-corrected chi connectivity index (χ4v) is 3.84. The Morgan fingerprint density at radius 2 is 2.00 bits per heavy atom. The summed E-state index contributed by atoms with van der Waals surface area (Å²) in [6.07, 6.45) is 0. The molecule has 102 valence electrons. The molecule has 0 saturated carbocycles. The highest BCUT2D eigenvalue weighted by Gasteiger charge is 2.09. The van der Waals surface area contributed by atoms with E-state index in [1.165, 1.54) is 16.1 Å². The highest BCUT2D eigenvalue weighted by molar-refractivity contribution is 9.10. The third-order valence-electron chi connectivity index (χ3n) is 2.84. The highest BCUT2D eigenvalue weighted by atomic mass is 79.9. The van der Waals surface area contributed by atoms with Crippen LogP contribution in [0.4, 0.5) is 5.69 Å². The van der Waals surface area contributed by atoms with Crippen LogP contribution in [-0.2, 0) is 13.1 Å². The summed E-state index contributed by atoms with van der Waals surface area (Å²) < 4.78 is 2.27.